The van der Waals surface area contributed by atoms with Crippen molar-refractivity contribution >= 4 is 12.1 Å². The second kappa shape index (κ2) is 3.81. The summed E-state index contributed by atoms with van der Waals surface area (Å²) in [5, 5.41) is 11.0. The van der Waals surface area contributed by atoms with Crippen molar-refractivity contribution in [3.63, 3.8) is 0 Å². The van der Waals surface area contributed by atoms with Gasteiger partial charge in [0.2, 0.25) is 5.91 Å². The Hall–Kier alpha value is -1.37. The summed E-state index contributed by atoms with van der Waals surface area (Å²) in [5.41, 5.74) is 2.05. The van der Waals surface area contributed by atoms with E-state index in [0.29, 0.717) is 0 Å². The van der Waals surface area contributed by atoms with Gasteiger partial charge in [-0.2, -0.15) is 10.4 Å². The third-order valence-corrected chi connectivity index (χ3v) is 0.344. The number of hydrogen-bond acceptors (Lipinski definition) is 3. The van der Waals surface area contributed by atoms with Gasteiger partial charge < -0.3 is 0 Å². The van der Waals surface area contributed by atoms with Crippen molar-refractivity contribution in [1.29, 1.82) is 5.26 Å². The predicted octanol–water partition coefficient (Wildman–Crippen LogP) is -0.368. The van der Waals surface area contributed by atoms with Crippen molar-refractivity contribution in [3.05, 3.63) is 0 Å². The molecule has 0 spiro atoms. The Bertz CT molecular complexity index is 144. The van der Waals surface area contributed by atoms with Gasteiger partial charge in [-0.15, -0.1) is 0 Å². The van der Waals surface area contributed by atoms with Crippen LogP contribution in [0.15, 0.2) is 5.10 Å². The number of hydrazone groups is 1. The molecule has 42 valence electrons. The number of hydrogen-bond donors (Lipinski definition) is 1. The normalized spacial score (nSPS) is 8.50. The topological polar surface area (TPSA) is 65.2 Å². The fraction of sp³-hybridized carbons (Fsp3) is 0.250. The molecule has 4 nitrogen and oxygen atoms in total. The Morgan fingerprint density at radius 3 is 3.00 bits per heavy atom. The SMILES string of the molecule is CC(=O)N/N=C/C#N. The second-order valence-electron chi connectivity index (χ2n) is 1.06. The first-order chi connectivity index (χ1) is 3.77. The molecule has 4 heteroatoms. The molecule has 0 radical (unpaired) electrons. The van der Waals surface area contributed by atoms with E-state index in [2.05, 4.69) is 10.5 Å². The van der Waals surface area contributed by atoms with Crippen LogP contribution in [0.5, 0.6) is 0 Å². The zero-order chi connectivity index (χ0) is 6.41. The summed E-state index contributed by atoms with van der Waals surface area (Å²) in [4.78, 5) is 9.98. The molecule has 0 aliphatic rings. The van der Waals surface area contributed by atoms with E-state index in [9.17, 15) is 4.79 Å². The molecule has 0 rings (SSSR count). The average Bonchev–Trinajstić information content (AvgIpc) is 1.66. The van der Waals surface area contributed by atoms with Gasteiger partial charge in [-0.05, 0) is 0 Å². The Balaban J connectivity index is 3.34. The summed E-state index contributed by atoms with van der Waals surface area (Å²) in [6.45, 7) is 1.31. The lowest BCUT2D eigenvalue weighted by atomic mass is 10.8. The summed E-state index contributed by atoms with van der Waals surface area (Å²) in [6, 6.07) is 1.62. The first kappa shape index (κ1) is 6.63. The van der Waals surface area contributed by atoms with Crippen LogP contribution in [0.3, 0.4) is 0 Å². The quantitative estimate of drug-likeness (QED) is 0.370. The number of carbonyl (C=O) groups excluding carboxylic acids is 1. The van der Waals surface area contributed by atoms with E-state index in [1.165, 1.54) is 6.92 Å². The third kappa shape index (κ3) is 4.63. The number of nitrogens with zero attached hydrogens (tertiary/aromatic N) is 2. The van der Waals surface area contributed by atoms with Gasteiger partial charge in [-0.25, -0.2) is 5.43 Å². The standard InChI is InChI=1S/C4H5N3O/c1-4(8)7-6-3-2-5/h3H,1H3,(H,7,8)/b6-3+. The molecule has 0 fully saturated rings. The van der Waals surface area contributed by atoms with Crippen molar-refractivity contribution < 1.29 is 4.79 Å². The van der Waals surface area contributed by atoms with Crippen molar-refractivity contribution in [2.24, 2.45) is 5.10 Å². The van der Waals surface area contributed by atoms with Crippen LogP contribution in [0.2, 0.25) is 0 Å². The van der Waals surface area contributed by atoms with Gasteiger partial charge >= 0.3 is 0 Å². The van der Waals surface area contributed by atoms with E-state index in [1.54, 1.807) is 6.07 Å². The lowest BCUT2D eigenvalue weighted by Gasteiger charge is -1.84. The van der Waals surface area contributed by atoms with Crippen LogP contribution in [-0.2, 0) is 4.79 Å². The Labute approximate surface area is 46.8 Å². The first-order valence-corrected chi connectivity index (χ1v) is 1.95. The molecule has 0 saturated heterocycles. The molecule has 0 aromatic carbocycles. The number of amides is 1. The van der Waals surface area contributed by atoms with Gasteiger partial charge in [-0.3, -0.25) is 4.79 Å². The van der Waals surface area contributed by atoms with E-state index in [1.807, 2.05) is 0 Å². The fourth-order valence-corrected chi connectivity index (χ4v) is 0.152. The zero-order valence-electron chi connectivity index (χ0n) is 4.38. The highest BCUT2D eigenvalue weighted by Crippen LogP contribution is 1.57. The van der Waals surface area contributed by atoms with Gasteiger partial charge in [0.05, 0.1) is 0 Å². The molecule has 0 saturated carbocycles. The second-order valence-corrected chi connectivity index (χ2v) is 1.06. The van der Waals surface area contributed by atoms with Gasteiger partial charge in [0.15, 0.2) is 0 Å². The summed E-state index contributed by atoms with van der Waals surface area (Å²) in [6.07, 6.45) is 0.946. The molecule has 0 aromatic heterocycles. The molecule has 1 N–H and O–H groups in total. The van der Waals surface area contributed by atoms with Crippen molar-refractivity contribution in [2.45, 2.75) is 6.92 Å². The highest BCUT2D eigenvalue weighted by Gasteiger charge is 1.79. The maximum Gasteiger partial charge on any atom is 0.236 e. The van der Waals surface area contributed by atoms with Crippen molar-refractivity contribution in [1.82, 2.24) is 5.43 Å². The smallest absolute Gasteiger partial charge is 0.236 e. The number of nitriles is 1. The number of carbonyl (C=O) groups is 1. The molecule has 1 amide bonds. The van der Waals surface area contributed by atoms with Crippen LogP contribution in [0.1, 0.15) is 6.92 Å². The van der Waals surface area contributed by atoms with Crippen LogP contribution >= 0.6 is 0 Å². The van der Waals surface area contributed by atoms with Crippen LogP contribution in [0.4, 0.5) is 0 Å². The molecule has 0 unspecified atom stereocenters. The first-order valence-electron chi connectivity index (χ1n) is 1.95. The summed E-state index contributed by atoms with van der Waals surface area (Å²) >= 11 is 0. The number of rotatable bonds is 1. The van der Waals surface area contributed by atoms with Gasteiger partial charge in [0, 0.05) is 6.92 Å². The zero-order valence-corrected chi connectivity index (χ0v) is 4.38. The minimum atomic E-state index is -0.281. The number of nitrogens with one attached hydrogen (secondary N) is 1. The maximum atomic E-state index is 9.98. The van der Waals surface area contributed by atoms with Crippen molar-refractivity contribution in [2.75, 3.05) is 0 Å². The van der Waals surface area contributed by atoms with E-state index in [4.69, 9.17) is 5.26 Å². The predicted molar refractivity (Wildman–Crippen MR) is 27.9 cm³/mol. The van der Waals surface area contributed by atoms with E-state index < -0.39 is 0 Å². The van der Waals surface area contributed by atoms with E-state index >= 15 is 0 Å². The molecule has 0 atom stereocenters. The summed E-state index contributed by atoms with van der Waals surface area (Å²) in [5.74, 6) is -0.281. The molecular formula is C4H5N3O. The third-order valence-electron chi connectivity index (χ3n) is 0.344. The molecule has 0 bridgehead atoms. The van der Waals surface area contributed by atoms with Crippen LogP contribution in [0.25, 0.3) is 0 Å². The lowest BCUT2D eigenvalue weighted by Crippen LogP contribution is -2.11. The molecule has 0 aliphatic carbocycles. The lowest BCUT2D eigenvalue weighted by molar-refractivity contribution is -0.118. The van der Waals surface area contributed by atoms with Crippen LogP contribution < -0.4 is 5.43 Å². The molecule has 0 aromatic rings. The molecular weight excluding hydrogens is 106 g/mol. The Morgan fingerprint density at radius 2 is 2.62 bits per heavy atom. The largest absolute Gasteiger partial charge is 0.274 e. The highest BCUT2D eigenvalue weighted by atomic mass is 16.2. The van der Waals surface area contributed by atoms with Gasteiger partial charge in [0.1, 0.15) is 12.3 Å². The molecule has 0 heterocycles. The van der Waals surface area contributed by atoms with Crippen molar-refractivity contribution in [3.8, 4) is 6.07 Å². The minimum Gasteiger partial charge on any atom is -0.274 e. The van der Waals surface area contributed by atoms with Gasteiger partial charge in [0.25, 0.3) is 0 Å². The van der Waals surface area contributed by atoms with E-state index in [-0.39, 0.29) is 5.91 Å². The Morgan fingerprint density at radius 1 is 2.00 bits per heavy atom. The summed E-state index contributed by atoms with van der Waals surface area (Å²) in [7, 11) is 0. The summed E-state index contributed by atoms with van der Waals surface area (Å²) < 4.78 is 0. The Kier molecular flexibility index (Phi) is 3.16. The fourth-order valence-electron chi connectivity index (χ4n) is 0.152. The monoisotopic (exact) mass is 111 g/mol. The maximum absolute atomic E-state index is 9.98. The molecule has 0 aliphatic heterocycles. The average molecular weight is 111 g/mol. The van der Waals surface area contributed by atoms with Crippen LogP contribution in [0, 0.1) is 11.3 Å². The molecule has 8 heavy (non-hydrogen) atoms. The van der Waals surface area contributed by atoms with Crippen LogP contribution in [-0.4, -0.2) is 12.1 Å². The van der Waals surface area contributed by atoms with Gasteiger partial charge in [-0.1, -0.05) is 0 Å². The van der Waals surface area contributed by atoms with E-state index in [0.717, 1.165) is 6.21 Å². The minimum absolute atomic E-state index is 0.281. The highest BCUT2D eigenvalue weighted by molar-refractivity contribution is 5.78.